The molecule has 0 amide bonds. The van der Waals surface area contributed by atoms with E-state index in [2.05, 4.69) is 10.3 Å². The topological polar surface area (TPSA) is 260 Å². The molecule has 8 N–H and O–H groups in total. The van der Waals surface area contributed by atoms with Gasteiger partial charge in [0.15, 0.2) is 17.2 Å². The Bertz CT molecular complexity index is 1490. The zero-order valence-corrected chi connectivity index (χ0v) is 22.4. The lowest BCUT2D eigenvalue weighted by Crippen LogP contribution is -2.39. The molecular formula is C20H28N5O13PS. The van der Waals surface area contributed by atoms with Crippen molar-refractivity contribution in [3.05, 3.63) is 60.0 Å². The molecule has 2 fully saturated rings. The number of hydrogen-bond acceptors (Lipinski definition) is 14. The quantitative estimate of drug-likeness (QED) is 0.0962. The standard InChI is InChI=1S/C20H28N5O13PS/c1-21-4-8-5-25(20(40)23-16(8)31)17-13(29)12(28)10(37-17)7-35-39(33,34)38-15-9(6-26)36-18(14(15)30)24-3-2-11(27)22-19(24)32/h2-3,5,9-10,12-15,17-18,21,26,28-30H,4,6-7H2,1H3,(H,33,34)(H,22,27,32)(H,23,31,40)/t9-,10-,12-,13-,14-,15-,17-,18-/m1/s1. The fourth-order valence-electron chi connectivity index (χ4n) is 4.34. The van der Waals surface area contributed by atoms with Crippen LogP contribution in [0.15, 0.2) is 32.8 Å². The molecule has 0 bridgehead atoms. The van der Waals surface area contributed by atoms with Gasteiger partial charge < -0.3 is 40.1 Å². The van der Waals surface area contributed by atoms with Gasteiger partial charge in [-0.25, -0.2) is 9.36 Å². The van der Waals surface area contributed by atoms with E-state index < -0.39 is 86.9 Å². The van der Waals surface area contributed by atoms with Gasteiger partial charge in [0.05, 0.1) is 13.2 Å². The van der Waals surface area contributed by atoms with Crippen LogP contribution in [0.5, 0.6) is 0 Å². The maximum absolute atomic E-state index is 12.7. The highest BCUT2D eigenvalue weighted by Gasteiger charge is 2.50. The summed E-state index contributed by atoms with van der Waals surface area (Å²) in [5.41, 5.74) is -1.86. The summed E-state index contributed by atoms with van der Waals surface area (Å²) in [4.78, 5) is 50.2. The van der Waals surface area contributed by atoms with Gasteiger partial charge in [-0.3, -0.25) is 37.7 Å². The van der Waals surface area contributed by atoms with Crippen molar-refractivity contribution in [2.75, 3.05) is 20.3 Å². The number of aliphatic hydroxyl groups is 4. The van der Waals surface area contributed by atoms with Crippen LogP contribution < -0.4 is 22.1 Å². The average molecular weight is 610 g/mol. The molecule has 2 aliphatic heterocycles. The van der Waals surface area contributed by atoms with E-state index in [4.69, 9.17) is 30.7 Å². The minimum Gasteiger partial charge on any atom is -0.394 e. The van der Waals surface area contributed by atoms with Crippen LogP contribution in [0.3, 0.4) is 0 Å². The number of phosphoric acid groups is 1. The Balaban J connectivity index is 1.44. The Labute approximate surface area is 229 Å². The van der Waals surface area contributed by atoms with Crippen LogP contribution >= 0.6 is 20.0 Å². The number of aromatic amines is 2. The molecule has 0 aromatic carbocycles. The molecule has 0 saturated carbocycles. The Morgan fingerprint density at radius 3 is 2.40 bits per heavy atom. The van der Waals surface area contributed by atoms with Crippen LogP contribution in [0, 0.1) is 4.77 Å². The van der Waals surface area contributed by atoms with Gasteiger partial charge in [-0.1, -0.05) is 0 Å². The fraction of sp³-hybridized carbons (Fsp3) is 0.600. The number of aliphatic hydroxyl groups excluding tert-OH is 4. The van der Waals surface area contributed by atoms with E-state index in [9.17, 15) is 44.3 Å². The first kappa shape index (κ1) is 30.6. The Morgan fingerprint density at radius 1 is 1.07 bits per heavy atom. The summed E-state index contributed by atoms with van der Waals surface area (Å²) >= 11 is 5.13. The molecule has 0 radical (unpaired) electrons. The van der Waals surface area contributed by atoms with Crippen molar-refractivity contribution in [2.24, 2.45) is 0 Å². The monoisotopic (exact) mass is 609 g/mol. The molecule has 4 heterocycles. The Kier molecular flexibility index (Phi) is 9.35. The largest absolute Gasteiger partial charge is 0.472 e. The van der Waals surface area contributed by atoms with Crippen LogP contribution in [0.1, 0.15) is 18.0 Å². The van der Waals surface area contributed by atoms with Crippen LogP contribution in [0.2, 0.25) is 0 Å². The summed E-state index contributed by atoms with van der Waals surface area (Å²) in [7, 11) is -3.43. The van der Waals surface area contributed by atoms with Crippen molar-refractivity contribution in [3.8, 4) is 0 Å². The van der Waals surface area contributed by atoms with Gasteiger partial charge in [0, 0.05) is 30.6 Å². The van der Waals surface area contributed by atoms with E-state index in [1.165, 1.54) is 10.8 Å². The molecular weight excluding hydrogens is 581 g/mol. The molecule has 2 aliphatic rings. The van der Waals surface area contributed by atoms with Crippen LogP contribution in [0.25, 0.3) is 0 Å². The summed E-state index contributed by atoms with van der Waals surface area (Å²) in [5.74, 6) is 0. The fourth-order valence-corrected chi connectivity index (χ4v) is 5.55. The number of ether oxygens (including phenoxy) is 2. The van der Waals surface area contributed by atoms with Gasteiger partial charge in [-0.15, -0.1) is 0 Å². The Morgan fingerprint density at radius 2 is 1.75 bits per heavy atom. The first-order valence-corrected chi connectivity index (χ1v) is 13.7. The summed E-state index contributed by atoms with van der Waals surface area (Å²) in [6.07, 6.45) is -9.78. The lowest BCUT2D eigenvalue weighted by Gasteiger charge is -2.23. The lowest BCUT2D eigenvalue weighted by atomic mass is 10.1. The van der Waals surface area contributed by atoms with E-state index in [1.807, 2.05) is 4.98 Å². The number of hydrogen-bond donors (Lipinski definition) is 8. The first-order valence-electron chi connectivity index (χ1n) is 11.8. The minimum absolute atomic E-state index is 0.111. The van der Waals surface area contributed by atoms with Crippen molar-refractivity contribution >= 4 is 20.0 Å². The molecule has 9 atom stereocenters. The highest BCUT2D eigenvalue weighted by Crippen LogP contribution is 2.49. The van der Waals surface area contributed by atoms with Crippen molar-refractivity contribution in [2.45, 2.75) is 55.6 Å². The third kappa shape index (κ3) is 6.25. The third-order valence-corrected chi connectivity index (χ3v) is 7.59. The number of H-pyrrole nitrogens is 2. The smallest absolute Gasteiger partial charge is 0.394 e. The summed E-state index contributed by atoms with van der Waals surface area (Å²) in [6, 6.07) is 0.982. The number of nitrogens with zero attached hydrogens (tertiary/aromatic N) is 2. The van der Waals surface area contributed by atoms with E-state index in [0.717, 1.165) is 16.8 Å². The molecule has 20 heteroatoms. The van der Waals surface area contributed by atoms with Gasteiger partial charge in [-0.2, -0.15) is 0 Å². The molecule has 2 aromatic heterocycles. The average Bonchev–Trinajstić information content (AvgIpc) is 3.35. The molecule has 4 rings (SSSR count). The third-order valence-electron chi connectivity index (χ3n) is 6.29. The lowest BCUT2D eigenvalue weighted by molar-refractivity contribution is -0.0610. The van der Waals surface area contributed by atoms with Gasteiger partial charge in [0.1, 0.15) is 36.6 Å². The molecule has 2 aromatic rings. The second-order valence-corrected chi connectivity index (χ2v) is 10.8. The molecule has 1 unspecified atom stereocenters. The van der Waals surface area contributed by atoms with Crippen LogP contribution in [-0.4, -0.2) is 101 Å². The number of rotatable bonds is 10. The van der Waals surface area contributed by atoms with Gasteiger partial charge in [0.2, 0.25) is 0 Å². The normalized spacial score (nSPS) is 31.9. The maximum Gasteiger partial charge on any atom is 0.472 e. The molecule has 222 valence electrons. The van der Waals surface area contributed by atoms with Crippen LogP contribution in [-0.2, 0) is 29.6 Å². The van der Waals surface area contributed by atoms with E-state index in [1.54, 1.807) is 7.05 Å². The van der Waals surface area contributed by atoms with Crippen molar-refractivity contribution in [1.82, 2.24) is 24.4 Å². The SMILES string of the molecule is CNCc1cn([C@@H]2O[C@H](COP(=O)(O)O[C@H]3[C@@H](O)[C@H](n4ccc(=O)[nH]c4=O)O[C@@H]3CO)[C@@H](O)[C@H]2O)c(=S)[nH]c1=O. The number of phosphoric ester groups is 1. The predicted molar refractivity (Wildman–Crippen MR) is 134 cm³/mol. The number of aromatic nitrogens is 4. The van der Waals surface area contributed by atoms with Gasteiger partial charge in [-0.05, 0) is 19.3 Å². The van der Waals surface area contributed by atoms with Crippen molar-refractivity contribution in [3.63, 3.8) is 0 Å². The second-order valence-electron chi connectivity index (χ2n) is 8.99. The van der Waals surface area contributed by atoms with E-state index >= 15 is 0 Å². The highest BCUT2D eigenvalue weighted by molar-refractivity contribution is 7.71. The van der Waals surface area contributed by atoms with Crippen LogP contribution in [0.4, 0.5) is 0 Å². The van der Waals surface area contributed by atoms with Crippen molar-refractivity contribution < 1.29 is 48.4 Å². The molecule has 40 heavy (non-hydrogen) atoms. The summed E-state index contributed by atoms with van der Waals surface area (Å²) < 4.78 is 35.6. The second kappa shape index (κ2) is 12.2. The first-order chi connectivity index (χ1) is 18.9. The summed E-state index contributed by atoms with van der Waals surface area (Å²) in [5, 5.41) is 44.1. The van der Waals surface area contributed by atoms with Gasteiger partial charge in [0.25, 0.3) is 11.1 Å². The minimum atomic E-state index is -5.04. The molecule has 0 spiro atoms. The number of nitrogens with one attached hydrogen (secondary N) is 3. The zero-order valence-electron chi connectivity index (χ0n) is 20.7. The molecule has 0 aliphatic carbocycles. The zero-order chi connectivity index (χ0) is 29.4. The Hall–Kier alpha value is -2.39. The van der Waals surface area contributed by atoms with E-state index in [0.29, 0.717) is 0 Å². The summed E-state index contributed by atoms with van der Waals surface area (Å²) in [6.45, 7) is -1.40. The van der Waals surface area contributed by atoms with Gasteiger partial charge >= 0.3 is 13.5 Å². The highest BCUT2D eigenvalue weighted by atomic mass is 32.1. The maximum atomic E-state index is 12.7. The molecule has 2 saturated heterocycles. The van der Waals surface area contributed by atoms with E-state index in [-0.39, 0.29) is 16.9 Å². The van der Waals surface area contributed by atoms with Crippen molar-refractivity contribution in [1.29, 1.82) is 0 Å². The predicted octanol–water partition coefficient (Wildman–Crippen LogP) is -3.45. The molecule has 18 nitrogen and oxygen atoms in total.